The van der Waals surface area contributed by atoms with E-state index in [1.165, 1.54) is 18.4 Å². The molecule has 2 N–H and O–H groups in total. The molecule has 1 aromatic rings. The molecular formula is C21H31BrN4O. The molecule has 1 amide bonds. The number of nitrogens with zero attached hydrogens (tertiary/aromatic N) is 2. The van der Waals surface area contributed by atoms with Crippen molar-refractivity contribution in [1.82, 2.24) is 15.5 Å². The number of aliphatic imine (C=N–C) groups is 1. The fraction of sp³-hybridized carbons (Fsp3) is 0.619. The van der Waals surface area contributed by atoms with Gasteiger partial charge in [0, 0.05) is 41.5 Å². The highest BCUT2D eigenvalue weighted by Crippen LogP contribution is 2.48. The molecule has 1 saturated carbocycles. The zero-order valence-corrected chi connectivity index (χ0v) is 18.2. The molecule has 3 rings (SSSR count). The lowest BCUT2D eigenvalue weighted by Gasteiger charge is -2.21. The summed E-state index contributed by atoms with van der Waals surface area (Å²) in [5.74, 6) is 1.17. The van der Waals surface area contributed by atoms with E-state index < -0.39 is 0 Å². The topological polar surface area (TPSA) is 56.7 Å². The van der Waals surface area contributed by atoms with Gasteiger partial charge in [0.1, 0.15) is 0 Å². The molecular weight excluding hydrogens is 404 g/mol. The molecule has 2 fully saturated rings. The number of halogens is 1. The third-order valence-electron chi connectivity index (χ3n) is 5.51. The first-order valence-electron chi connectivity index (χ1n) is 10.0. The summed E-state index contributed by atoms with van der Waals surface area (Å²) in [6.45, 7) is 9.23. The highest BCUT2D eigenvalue weighted by Gasteiger charge is 2.44. The van der Waals surface area contributed by atoms with Crippen molar-refractivity contribution in [3.05, 3.63) is 34.3 Å². The van der Waals surface area contributed by atoms with Crippen molar-refractivity contribution in [2.24, 2.45) is 10.9 Å². The molecule has 1 aromatic carbocycles. The smallest absolute Gasteiger partial charge is 0.225 e. The predicted molar refractivity (Wildman–Crippen MR) is 114 cm³/mol. The molecule has 0 aromatic heterocycles. The second kappa shape index (κ2) is 8.63. The first-order valence-corrected chi connectivity index (χ1v) is 10.8. The van der Waals surface area contributed by atoms with Crippen LogP contribution in [0.1, 0.15) is 45.6 Å². The van der Waals surface area contributed by atoms with Crippen LogP contribution < -0.4 is 10.6 Å². The SMILES string of the molecule is CCNC(=NCC1(c2cccc(Br)c2)CC1)NC1CCN(C(=O)C(C)C)C1. The van der Waals surface area contributed by atoms with Crippen molar-refractivity contribution in [3.63, 3.8) is 0 Å². The van der Waals surface area contributed by atoms with Gasteiger partial charge in [0.05, 0.1) is 6.54 Å². The first kappa shape index (κ1) is 20.2. The van der Waals surface area contributed by atoms with Crippen LogP contribution >= 0.6 is 15.9 Å². The summed E-state index contributed by atoms with van der Waals surface area (Å²) in [7, 11) is 0. The molecule has 0 bridgehead atoms. The minimum absolute atomic E-state index is 0.0607. The van der Waals surface area contributed by atoms with Gasteiger partial charge in [-0.1, -0.05) is 41.9 Å². The number of guanidine groups is 1. The summed E-state index contributed by atoms with van der Waals surface area (Å²) in [5, 5.41) is 6.91. The van der Waals surface area contributed by atoms with Gasteiger partial charge < -0.3 is 15.5 Å². The van der Waals surface area contributed by atoms with E-state index >= 15 is 0 Å². The number of hydrogen-bond donors (Lipinski definition) is 2. The number of benzene rings is 1. The van der Waals surface area contributed by atoms with E-state index in [0.29, 0.717) is 0 Å². The van der Waals surface area contributed by atoms with Gasteiger partial charge in [-0.05, 0) is 43.9 Å². The number of carbonyl (C=O) groups excluding carboxylic acids is 1. The summed E-state index contributed by atoms with van der Waals surface area (Å²) < 4.78 is 1.13. The van der Waals surface area contributed by atoms with E-state index in [-0.39, 0.29) is 23.3 Å². The van der Waals surface area contributed by atoms with Crippen LogP contribution in [0, 0.1) is 5.92 Å². The minimum atomic E-state index is 0.0607. The van der Waals surface area contributed by atoms with Crippen molar-refractivity contribution < 1.29 is 4.79 Å². The molecule has 2 aliphatic rings. The third-order valence-corrected chi connectivity index (χ3v) is 6.00. The third kappa shape index (κ3) is 5.03. The summed E-state index contributed by atoms with van der Waals surface area (Å²) in [6, 6.07) is 8.87. The molecule has 148 valence electrons. The molecule has 1 unspecified atom stereocenters. The van der Waals surface area contributed by atoms with E-state index in [0.717, 1.165) is 43.0 Å². The van der Waals surface area contributed by atoms with Crippen molar-refractivity contribution in [2.45, 2.75) is 51.5 Å². The number of hydrogen-bond acceptors (Lipinski definition) is 2. The van der Waals surface area contributed by atoms with Crippen molar-refractivity contribution in [1.29, 1.82) is 0 Å². The fourth-order valence-electron chi connectivity index (χ4n) is 3.69. The quantitative estimate of drug-likeness (QED) is 0.533. The normalized spacial score (nSPS) is 21.4. The van der Waals surface area contributed by atoms with Crippen LogP contribution in [0.4, 0.5) is 0 Å². The Labute approximate surface area is 171 Å². The van der Waals surface area contributed by atoms with Crippen LogP contribution in [0.3, 0.4) is 0 Å². The molecule has 27 heavy (non-hydrogen) atoms. The molecule has 6 heteroatoms. The number of carbonyl (C=O) groups is 1. The fourth-order valence-corrected chi connectivity index (χ4v) is 4.09. The maximum atomic E-state index is 12.2. The average molecular weight is 435 g/mol. The molecule has 1 aliphatic heterocycles. The van der Waals surface area contributed by atoms with Gasteiger partial charge in [0.2, 0.25) is 5.91 Å². The van der Waals surface area contributed by atoms with Gasteiger partial charge in [-0.2, -0.15) is 0 Å². The van der Waals surface area contributed by atoms with Crippen molar-refractivity contribution in [3.8, 4) is 0 Å². The lowest BCUT2D eigenvalue weighted by molar-refractivity contribution is -0.133. The summed E-state index contributed by atoms with van der Waals surface area (Å²) in [6.07, 6.45) is 3.35. The number of rotatable bonds is 6. The molecule has 1 aliphatic carbocycles. The van der Waals surface area contributed by atoms with Crippen LogP contribution in [0.2, 0.25) is 0 Å². The molecule has 1 heterocycles. The highest BCUT2D eigenvalue weighted by atomic mass is 79.9. The largest absolute Gasteiger partial charge is 0.357 e. The predicted octanol–water partition coefficient (Wildman–Crippen LogP) is 3.29. The average Bonchev–Trinajstić information content (AvgIpc) is 3.30. The molecule has 5 nitrogen and oxygen atoms in total. The Morgan fingerprint density at radius 1 is 1.41 bits per heavy atom. The standard InChI is InChI=1S/C21H31BrN4O/c1-4-23-20(25-18-8-11-26(13-18)19(27)15(2)3)24-14-21(9-10-21)16-6-5-7-17(22)12-16/h5-7,12,15,18H,4,8-11,13-14H2,1-3H3,(H2,23,24,25). The number of nitrogens with one attached hydrogen (secondary N) is 2. The molecule has 1 saturated heterocycles. The van der Waals surface area contributed by atoms with Gasteiger partial charge in [-0.3, -0.25) is 9.79 Å². The number of likely N-dealkylation sites (tertiary alicyclic amines) is 1. The van der Waals surface area contributed by atoms with Crippen LogP contribution in [0.5, 0.6) is 0 Å². The van der Waals surface area contributed by atoms with Gasteiger partial charge in [0.25, 0.3) is 0 Å². The van der Waals surface area contributed by atoms with Crippen molar-refractivity contribution >= 4 is 27.8 Å². The Morgan fingerprint density at radius 3 is 2.81 bits per heavy atom. The lowest BCUT2D eigenvalue weighted by Crippen LogP contribution is -2.45. The van der Waals surface area contributed by atoms with Crippen LogP contribution in [0.15, 0.2) is 33.7 Å². The summed E-state index contributed by atoms with van der Waals surface area (Å²) in [4.78, 5) is 19.1. The maximum absolute atomic E-state index is 12.2. The van der Waals surface area contributed by atoms with Gasteiger partial charge >= 0.3 is 0 Å². The molecule has 0 spiro atoms. The van der Waals surface area contributed by atoms with Crippen LogP contribution in [-0.4, -0.2) is 49.0 Å². The Bertz CT molecular complexity index is 699. The van der Waals surface area contributed by atoms with E-state index in [9.17, 15) is 4.79 Å². The van der Waals surface area contributed by atoms with Crippen molar-refractivity contribution in [2.75, 3.05) is 26.2 Å². The second-order valence-corrected chi connectivity index (χ2v) is 8.97. The van der Waals surface area contributed by atoms with Crippen LogP contribution in [0.25, 0.3) is 0 Å². The Morgan fingerprint density at radius 2 is 2.19 bits per heavy atom. The first-order chi connectivity index (χ1) is 12.9. The lowest BCUT2D eigenvalue weighted by atomic mass is 9.96. The molecule has 0 radical (unpaired) electrons. The zero-order valence-electron chi connectivity index (χ0n) is 16.6. The van der Waals surface area contributed by atoms with E-state index in [4.69, 9.17) is 4.99 Å². The molecule has 1 atom stereocenters. The van der Waals surface area contributed by atoms with E-state index in [1.807, 2.05) is 18.7 Å². The van der Waals surface area contributed by atoms with Gasteiger partial charge in [0.15, 0.2) is 5.96 Å². The van der Waals surface area contributed by atoms with Gasteiger partial charge in [-0.15, -0.1) is 0 Å². The monoisotopic (exact) mass is 434 g/mol. The van der Waals surface area contributed by atoms with Gasteiger partial charge in [-0.25, -0.2) is 0 Å². The Hall–Kier alpha value is -1.56. The maximum Gasteiger partial charge on any atom is 0.225 e. The van der Waals surface area contributed by atoms with E-state index in [2.05, 4.69) is 57.8 Å². The van der Waals surface area contributed by atoms with Crippen LogP contribution in [-0.2, 0) is 10.2 Å². The minimum Gasteiger partial charge on any atom is -0.357 e. The summed E-state index contributed by atoms with van der Waals surface area (Å²) >= 11 is 3.58. The Kier molecular flexibility index (Phi) is 6.45. The second-order valence-electron chi connectivity index (χ2n) is 8.05. The highest BCUT2D eigenvalue weighted by molar-refractivity contribution is 9.10. The summed E-state index contributed by atoms with van der Waals surface area (Å²) in [5.41, 5.74) is 1.55. The number of amides is 1. The Balaban J connectivity index is 1.61. The zero-order chi connectivity index (χ0) is 19.4. The van der Waals surface area contributed by atoms with E-state index in [1.54, 1.807) is 0 Å².